The molecule has 108 valence electrons. The predicted molar refractivity (Wildman–Crippen MR) is 64.1 cm³/mol. The van der Waals surface area contributed by atoms with Gasteiger partial charge in [-0.25, -0.2) is 21.9 Å². The van der Waals surface area contributed by atoms with Crippen LogP contribution in [0.15, 0.2) is 23.1 Å². The summed E-state index contributed by atoms with van der Waals surface area (Å²) in [6.45, 7) is 0.408. The molecule has 0 saturated carbocycles. The first-order chi connectivity index (χ1) is 8.97. The molecule has 0 aromatic heterocycles. The van der Waals surface area contributed by atoms with E-state index < -0.39 is 26.6 Å². The smallest absolute Gasteiger partial charge is 0.243 e. The fourth-order valence-corrected chi connectivity index (χ4v) is 2.45. The van der Waals surface area contributed by atoms with Gasteiger partial charge in [-0.1, -0.05) is 0 Å². The first-order valence-corrected chi connectivity index (χ1v) is 7.09. The second-order valence-corrected chi connectivity index (χ2v) is 5.40. The third-order valence-electron chi connectivity index (χ3n) is 2.18. The zero-order chi connectivity index (χ0) is 14.3. The Balaban J connectivity index is 2.52. The zero-order valence-corrected chi connectivity index (χ0v) is 10.9. The van der Waals surface area contributed by atoms with E-state index >= 15 is 0 Å². The van der Waals surface area contributed by atoms with Crippen molar-refractivity contribution in [2.75, 3.05) is 26.4 Å². The third-order valence-corrected chi connectivity index (χ3v) is 3.67. The molecule has 19 heavy (non-hydrogen) atoms. The van der Waals surface area contributed by atoms with E-state index in [1.807, 2.05) is 0 Å². The van der Waals surface area contributed by atoms with Crippen molar-refractivity contribution < 1.29 is 27.0 Å². The van der Waals surface area contributed by atoms with Crippen molar-refractivity contribution in [3.8, 4) is 0 Å². The SMILES string of the molecule is O=S(=O)(NCCCOCCO)c1ccc(F)cc1F. The minimum atomic E-state index is -4.00. The van der Waals surface area contributed by atoms with E-state index in [1.54, 1.807) is 0 Å². The number of rotatable bonds is 8. The number of aliphatic hydroxyl groups is 1. The number of benzene rings is 1. The Hall–Kier alpha value is -1.09. The molecule has 0 radical (unpaired) electrons. The van der Waals surface area contributed by atoms with Gasteiger partial charge in [0.2, 0.25) is 10.0 Å². The second kappa shape index (κ2) is 7.49. The molecule has 1 aromatic carbocycles. The van der Waals surface area contributed by atoms with Crippen LogP contribution in [0.2, 0.25) is 0 Å². The van der Waals surface area contributed by atoms with Crippen molar-refractivity contribution in [1.29, 1.82) is 0 Å². The standard InChI is InChI=1S/C11H15F2NO4S/c12-9-2-3-11(10(13)8-9)19(16,17)14-4-1-6-18-7-5-15/h2-3,8,14-15H,1,4-7H2. The molecular formula is C11H15F2NO4S. The molecule has 0 spiro atoms. The fourth-order valence-electron chi connectivity index (χ4n) is 1.32. The highest BCUT2D eigenvalue weighted by molar-refractivity contribution is 7.89. The van der Waals surface area contributed by atoms with Gasteiger partial charge in [0.05, 0.1) is 13.2 Å². The monoisotopic (exact) mass is 295 g/mol. The maximum absolute atomic E-state index is 13.3. The van der Waals surface area contributed by atoms with Gasteiger partial charge < -0.3 is 9.84 Å². The van der Waals surface area contributed by atoms with Gasteiger partial charge in [0.1, 0.15) is 16.5 Å². The summed E-state index contributed by atoms with van der Waals surface area (Å²) in [6.07, 6.45) is 0.377. The molecule has 0 aliphatic carbocycles. The van der Waals surface area contributed by atoms with Gasteiger partial charge in [-0.15, -0.1) is 0 Å². The molecule has 1 aromatic rings. The summed E-state index contributed by atoms with van der Waals surface area (Å²) in [5.74, 6) is -1.97. The van der Waals surface area contributed by atoms with E-state index in [9.17, 15) is 17.2 Å². The topological polar surface area (TPSA) is 75.6 Å². The van der Waals surface area contributed by atoms with Crippen LogP contribution in [0.4, 0.5) is 8.78 Å². The van der Waals surface area contributed by atoms with Crippen LogP contribution >= 0.6 is 0 Å². The van der Waals surface area contributed by atoms with E-state index in [-0.39, 0.29) is 26.4 Å². The number of hydrogen-bond acceptors (Lipinski definition) is 4. The molecule has 0 amide bonds. The number of hydrogen-bond donors (Lipinski definition) is 2. The Bertz CT molecular complexity index is 507. The lowest BCUT2D eigenvalue weighted by Crippen LogP contribution is -2.26. The zero-order valence-electron chi connectivity index (χ0n) is 10.1. The number of sulfonamides is 1. The summed E-state index contributed by atoms with van der Waals surface area (Å²) in [4.78, 5) is -0.592. The average Bonchev–Trinajstić information content (AvgIpc) is 2.33. The van der Waals surface area contributed by atoms with Gasteiger partial charge >= 0.3 is 0 Å². The maximum atomic E-state index is 13.3. The molecule has 0 heterocycles. The molecule has 2 N–H and O–H groups in total. The third kappa shape index (κ3) is 5.19. The number of ether oxygens (including phenoxy) is 1. The van der Waals surface area contributed by atoms with Gasteiger partial charge in [-0.05, 0) is 18.6 Å². The lowest BCUT2D eigenvalue weighted by molar-refractivity contribution is 0.0913. The van der Waals surface area contributed by atoms with Crippen LogP contribution in [0.1, 0.15) is 6.42 Å². The van der Waals surface area contributed by atoms with Crippen LogP contribution in [0.5, 0.6) is 0 Å². The Morgan fingerprint density at radius 1 is 1.26 bits per heavy atom. The highest BCUT2D eigenvalue weighted by Gasteiger charge is 2.18. The first-order valence-electron chi connectivity index (χ1n) is 5.60. The van der Waals surface area contributed by atoms with Gasteiger partial charge in [0.25, 0.3) is 0 Å². The highest BCUT2D eigenvalue weighted by Crippen LogP contribution is 2.15. The summed E-state index contributed by atoms with van der Waals surface area (Å²) in [5, 5.41) is 8.44. The number of aliphatic hydroxyl groups excluding tert-OH is 1. The van der Waals surface area contributed by atoms with E-state index in [0.29, 0.717) is 12.5 Å². The highest BCUT2D eigenvalue weighted by atomic mass is 32.2. The van der Waals surface area contributed by atoms with Gasteiger partial charge in [0, 0.05) is 19.2 Å². The lowest BCUT2D eigenvalue weighted by Gasteiger charge is -2.07. The molecule has 0 bridgehead atoms. The maximum Gasteiger partial charge on any atom is 0.243 e. The van der Waals surface area contributed by atoms with Crippen molar-refractivity contribution in [1.82, 2.24) is 4.72 Å². The van der Waals surface area contributed by atoms with E-state index in [0.717, 1.165) is 12.1 Å². The summed E-state index contributed by atoms with van der Waals surface area (Å²) in [7, 11) is -4.00. The fraction of sp³-hybridized carbons (Fsp3) is 0.455. The lowest BCUT2D eigenvalue weighted by atomic mass is 10.3. The van der Waals surface area contributed by atoms with Gasteiger partial charge in [-0.2, -0.15) is 0 Å². The van der Waals surface area contributed by atoms with Crippen LogP contribution < -0.4 is 4.72 Å². The summed E-state index contributed by atoms with van der Waals surface area (Å²) < 4.78 is 56.5. The molecular weight excluding hydrogens is 280 g/mol. The van der Waals surface area contributed by atoms with Crippen molar-refractivity contribution in [2.45, 2.75) is 11.3 Å². The largest absolute Gasteiger partial charge is 0.394 e. The van der Waals surface area contributed by atoms with E-state index in [4.69, 9.17) is 9.84 Å². The Kier molecular flexibility index (Phi) is 6.29. The van der Waals surface area contributed by atoms with Crippen molar-refractivity contribution in [3.05, 3.63) is 29.8 Å². The second-order valence-electron chi connectivity index (χ2n) is 3.66. The molecule has 0 saturated heterocycles. The minimum Gasteiger partial charge on any atom is -0.394 e. The molecule has 8 heteroatoms. The molecule has 1 rings (SSSR count). The molecule has 0 aliphatic heterocycles. The Morgan fingerprint density at radius 3 is 2.63 bits per heavy atom. The van der Waals surface area contributed by atoms with Crippen molar-refractivity contribution in [2.24, 2.45) is 0 Å². The van der Waals surface area contributed by atoms with E-state index in [1.165, 1.54) is 0 Å². The van der Waals surface area contributed by atoms with Crippen LogP contribution in [0, 0.1) is 11.6 Å². The van der Waals surface area contributed by atoms with E-state index in [2.05, 4.69) is 4.72 Å². The van der Waals surface area contributed by atoms with Crippen LogP contribution in [-0.2, 0) is 14.8 Å². The van der Waals surface area contributed by atoms with Crippen molar-refractivity contribution in [3.63, 3.8) is 0 Å². The number of halogens is 2. The van der Waals surface area contributed by atoms with Crippen LogP contribution in [-0.4, -0.2) is 39.9 Å². The Labute approximate surface area is 110 Å². The number of nitrogens with one attached hydrogen (secondary N) is 1. The molecule has 5 nitrogen and oxygen atoms in total. The Morgan fingerprint density at radius 2 is 2.00 bits per heavy atom. The summed E-state index contributed by atoms with van der Waals surface area (Å²) >= 11 is 0. The molecule has 0 aliphatic rings. The van der Waals surface area contributed by atoms with Crippen LogP contribution in [0.3, 0.4) is 0 Å². The molecule has 0 fully saturated rings. The predicted octanol–water partition coefficient (Wildman–Crippen LogP) is 0.642. The molecule has 0 atom stereocenters. The summed E-state index contributed by atoms with van der Waals surface area (Å²) in [6, 6.07) is 2.26. The summed E-state index contributed by atoms with van der Waals surface area (Å²) in [5.41, 5.74) is 0. The van der Waals surface area contributed by atoms with Crippen LogP contribution in [0.25, 0.3) is 0 Å². The van der Waals surface area contributed by atoms with Gasteiger partial charge in [0.15, 0.2) is 0 Å². The normalized spacial score (nSPS) is 11.7. The van der Waals surface area contributed by atoms with Gasteiger partial charge in [-0.3, -0.25) is 0 Å². The minimum absolute atomic E-state index is 0.0601. The first kappa shape index (κ1) is 16.0. The average molecular weight is 295 g/mol. The quantitative estimate of drug-likeness (QED) is 0.690. The van der Waals surface area contributed by atoms with Crippen molar-refractivity contribution >= 4 is 10.0 Å². The molecule has 0 unspecified atom stereocenters.